The molecule has 1 aliphatic rings. The third-order valence-electron chi connectivity index (χ3n) is 4.52. The van der Waals surface area contributed by atoms with Crippen molar-refractivity contribution in [3.8, 4) is 0 Å². The molecule has 0 bridgehead atoms. The highest BCUT2D eigenvalue weighted by atomic mass is 16.1. The third-order valence-corrected chi connectivity index (χ3v) is 4.52. The summed E-state index contributed by atoms with van der Waals surface area (Å²) in [7, 11) is 0. The minimum atomic E-state index is -0.598. The molecule has 0 aromatic carbocycles. The number of likely N-dealkylation sites (tertiary alicyclic amines) is 1. The number of hydrogen-bond acceptors (Lipinski definition) is 3. The van der Waals surface area contributed by atoms with Gasteiger partial charge in [-0.1, -0.05) is 19.8 Å². The minimum Gasteiger partial charge on any atom is -0.368 e. The summed E-state index contributed by atoms with van der Waals surface area (Å²) in [5, 5.41) is 3.34. The van der Waals surface area contributed by atoms with Crippen LogP contribution in [0, 0.1) is 0 Å². The smallest absolute Gasteiger partial charge is 0.237 e. The van der Waals surface area contributed by atoms with Crippen LogP contribution in [-0.2, 0) is 4.79 Å². The van der Waals surface area contributed by atoms with Crippen molar-refractivity contribution >= 4 is 5.91 Å². The number of rotatable bonds is 7. The van der Waals surface area contributed by atoms with Crippen LogP contribution in [0.3, 0.4) is 0 Å². The van der Waals surface area contributed by atoms with Crippen molar-refractivity contribution in [2.75, 3.05) is 13.1 Å². The first-order valence-corrected chi connectivity index (χ1v) is 8.20. The molecule has 0 spiro atoms. The third kappa shape index (κ3) is 5.06. The number of carbonyl (C=O) groups is 1. The first-order valence-electron chi connectivity index (χ1n) is 8.20. The average Bonchev–Trinajstić information content (AvgIpc) is 2.60. The first kappa shape index (κ1) is 17.4. The van der Waals surface area contributed by atoms with E-state index in [1.54, 1.807) is 0 Å². The number of primary amides is 1. The molecule has 4 heteroatoms. The minimum absolute atomic E-state index is 0.242. The largest absolute Gasteiger partial charge is 0.368 e. The Morgan fingerprint density at radius 1 is 1.40 bits per heavy atom. The molecule has 1 amide bonds. The van der Waals surface area contributed by atoms with Crippen LogP contribution in [0.4, 0.5) is 0 Å². The molecule has 0 aliphatic carbocycles. The molecule has 0 aromatic heterocycles. The van der Waals surface area contributed by atoms with Gasteiger partial charge in [0.1, 0.15) is 0 Å². The summed E-state index contributed by atoms with van der Waals surface area (Å²) in [6, 6.07) is 0.937. The number of nitrogens with one attached hydrogen (secondary N) is 1. The molecule has 0 aromatic rings. The number of amides is 1. The molecule has 1 heterocycles. The molecule has 4 nitrogen and oxygen atoms in total. The van der Waals surface area contributed by atoms with Crippen LogP contribution >= 0.6 is 0 Å². The van der Waals surface area contributed by atoms with Gasteiger partial charge >= 0.3 is 0 Å². The zero-order valence-corrected chi connectivity index (χ0v) is 13.7. The summed E-state index contributed by atoms with van der Waals surface area (Å²) in [5.74, 6) is -0.242. The molecule has 1 saturated heterocycles. The van der Waals surface area contributed by atoms with Crippen molar-refractivity contribution < 1.29 is 4.79 Å². The Kier molecular flexibility index (Phi) is 6.96. The number of nitrogens with zero attached hydrogens (tertiary/aromatic N) is 1. The van der Waals surface area contributed by atoms with Gasteiger partial charge in [0, 0.05) is 18.6 Å². The van der Waals surface area contributed by atoms with Gasteiger partial charge < -0.3 is 16.0 Å². The van der Waals surface area contributed by atoms with Crippen LogP contribution in [0.15, 0.2) is 0 Å². The van der Waals surface area contributed by atoms with E-state index >= 15 is 0 Å². The highest BCUT2D eigenvalue weighted by Gasteiger charge is 2.32. The lowest BCUT2D eigenvalue weighted by molar-refractivity contribution is -0.124. The summed E-state index contributed by atoms with van der Waals surface area (Å²) in [5.41, 5.74) is 5.01. The van der Waals surface area contributed by atoms with Gasteiger partial charge in [-0.3, -0.25) is 4.79 Å². The molecule has 118 valence electrons. The van der Waals surface area contributed by atoms with Gasteiger partial charge in [0.05, 0.1) is 5.54 Å². The number of hydrogen-bond donors (Lipinski definition) is 2. The van der Waals surface area contributed by atoms with E-state index in [2.05, 4.69) is 31.0 Å². The molecular weight excluding hydrogens is 250 g/mol. The van der Waals surface area contributed by atoms with Crippen molar-refractivity contribution in [2.45, 2.75) is 83.8 Å². The van der Waals surface area contributed by atoms with Crippen LogP contribution in [0.25, 0.3) is 0 Å². The van der Waals surface area contributed by atoms with Gasteiger partial charge in [0.15, 0.2) is 0 Å². The molecule has 0 saturated carbocycles. The second-order valence-corrected chi connectivity index (χ2v) is 6.69. The van der Waals surface area contributed by atoms with E-state index in [0.717, 1.165) is 19.5 Å². The monoisotopic (exact) mass is 283 g/mol. The topological polar surface area (TPSA) is 58.4 Å². The van der Waals surface area contributed by atoms with Crippen LogP contribution in [0.5, 0.6) is 0 Å². The fraction of sp³-hybridized carbons (Fsp3) is 0.938. The summed E-state index contributed by atoms with van der Waals surface area (Å²) in [4.78, 5) is 14.4. The molecular formula is C16H33N3O. The molecule has 2 unspecified atom stereocenters. The van der Waals surface area contributed by atoms with Gasteiger partial charge in [-0.15, -0.1) is 0 Å². The SMILES string of the molecule is CCC1CCCCCN1CCC(C)(NC(C)C)C(N)=O. The molecule has 1 aliphatic heterocycles. The molecule has 3 N–H and O–H groups in total. The zero-order chi connectivity index (χ0) is 15.2. The summed E-state index contributed by atoms with van der Waals surface area (Å²) in [6.07, 6.45) is 7.24. The summed E-state index contributed by atoms with van der Waals surface area (Å²) < 4.78 is 0. The van der Waals surface area contributed by atoms with Crippen LogP contribution in [0.1, 0.15) is 66.2 Å². The van der Waals surface area contributed by atoms with Crippen molar-refractivity contribution in [1.29, 1.82) is 0 Å². The average molecular weight is 283 g/mol. The van der Waals surface area contributed by atoms with Gasteiger partial charge in [-0.05, 0) is 53.0 Å². The Hall–Kier alpha value is -0.610. The van der Waals surface area contributed by atoms with E-state index in [1.807, 2.05) is 6.92 Å². The molecule has 1 rings (SSSR count). The lowest BCUT2D eigenvalue weighted by Crippen LogP contribution is -2.57. The van der Waals surface area contributed by atoms with Crippen molar-refractivity contribution in [3.63, 3.8) is 0 Å². The summed E-state index contributed by atoms with van der Waals surface area (Å²) >= 11 is 0. The van der Waals surface area contributed by atoms with Gasteiger partial charge in [-0.2, -0.15) is 0 Å². The molecule has 20 heavy (non-hydrogen) atoms. The Labute approximate surface area is 124 Å². The fourth-order valence-electron chi connectivity index (χ4n) is 3.26. The lowest BCUT2D eigenvalue weighted by atomic mass is 9.94. The maximum Gasteiger partial charge on any atom is 0.237 e. The molecule has 2 atom stereocenters. The fourth-order valence-corrected chi connectivity index (χ4v) is 3.26. The summed E-state index contributed by atoms with van der Waals surface area (Å²) in [6.45, 7) is 10.4. The number of nitrogens with two attached hydrogens (primary N) is 1. The van der Waals surface area contributed by atoms with E-state index in [-0.39, 0.29) is 11.9 Å². The zero-order valence-electron chi connectivity index (χ0n) is 13.7. The van der Waals surface area contributed by atoms with Crippen LogP contribution < -0.4 is 11.1 Å². The van der Waals surface area contributed by atoms with Crippen molar-refractivity contribution in [2.24, 2.45) is 5.73 Å². The quantitative estimate of drug-likeness (QED) is 0.753. The maximum atomic E-state index is 11.8. The van der Waals surface area contributed by atoms with Crippen LogP contribution in [0.2, 0.25) is 0 Å². The first-order chi connectivity index (χ1) is 9.39. The lowest BCUT2D eigenvalue weighted by Gasteiger charge is -2.35. The Balaban J connectivity index is 2.62. The highest BCUT2D eigenvalue weighted by molar-refractivity contribution is 5.84. The van der Waals surface area contributed by atoms with Gasteiger partial charge in [0.25, 0.3) is 0 Å². The number of carbonyl (C=O) groups excluding carboxylic acids is 1. The predicted octanol–water partition coefficient (Wildman–Crippen LogP) is 2.27. The second kappa shape index (κ2) is 7.99. The Morgan fingerprint density at radius 3 is 2.65 bits per heavy atom. The van der Waals surface area contributed by atoms with Gasteiger partial charge in [0.2, 0.25) is 5.91 Å². The van der Waals surface area contributed by atoms with Crippen molar-refractivity contribution in [1.82, 2.24) is 10.2 Å². The van der Waals surface area contributed by atoms with Crippen molar-refractivity contribution in [3.05, 3.63) is 0 Å². The maximum absolute atomic E-state index is 11.8. The van der Waals surface area contributed by atoms with E-state index in [4.69, 9.17) is 5.73 Å². The Bertz CT molecular complexity index is 306. The molecule has 1 fully saturated rings. The Morgan fingerprint density at radius 2 is 2.10 bits per heavy atom. The predicted molar refractivity (Wildman–Crippen MR) is 84.6 cm³/mol. The van der Waals surface area contributed by atoms with E-state index in [9.17, 15) is 4.79 Å². The van der Waals surface area contributed by atoms with Crippen LogP contribution in [-0.4, -0.2) is 41.5 Å². The highest BCUT2D eigenvalue weighted by Crippen LogP contribution is 2.21. The van der Waals surface area contributed by atoms with E-state index < -0.39 is 5.54 Å². The van der Waals surface area contributed by atoms with E-state index in [1.165, 1.54) is 32.1 Å². The normalized spacial score (nSPS) is 24.4. The standard InChI is InChI=1S/C16H33N3O/c1-5-14-9-7-6-8-11-19(14)12-10-16(4,15(17)20)18-13(2)3/h13-14,18H,5-12H2,1-4H3,(H2,17,20). The van der Waals surface area contributed by atoms with E-state index in [0.29, 0.717) is 6.04 Å². The van der Waals surface area contributed by atoms with Gasteiger partial charge in [-0.25, -0.2) is 0 Å². The second-order valence-electron chi connectivity index (χ2n) is 6.69. The molecule has 0 radical (unpaired) electrons.